The molecule has 2 aromatic carbocycles. The lowest BCUT2D eigenvalue weighted by atomic mass is 10.1. The third-order valence-corrected chi connectivity index (χ3v) is 5.88. The topological polar surface area (TPSA) is 133 Å². The van der Waals surface area contributed by atoms with Crippen molar-refractivity contribution in [1.29, 1.82) is 0 Å². The number of fused-ring (bicyclic) bond motifs is 2. The van der Waals surface area contributed by atoms with Crippen LogP contribution in [0.15, 0.2) is 36.4 Å². The van der Waals surface area contributed by atoms with Crippen molar-refractivity contribution in [1.82, 2.24) is 20.4 Å². The van der Waals surface area contributed by atoms with Crippen LogP contribution < -0.4 is 10.6 Å². The molecule has 10 heteroatoms. The monoisotopic (exact) mass is 462 g/mol. The maximum Gasteiger partial charge on any atom is 0.261 e. The second-order valence-electron chi connectivity index (χ2n) is 8.08. The molecular formula is C24H22N4O6. The van der Waals surface area contributed by atoms with Crippen molar-refractivity contribution in [2.24, 2.45) is 0 Å². The molecule has 34 heavy (non-hydrogen) atoms. The standard InChI is InChI=1S/C24H22N4O6/c1-27-21(31)15-7-5-13(11-17(15)23(27)33)19(29)25-9-3-4-10-26-20(30)14-6-8-16-18(12-14)24(34)28(2)22(16)32/h5-8,11-12H,3-4,9-10H2,1-2H3,(H,25,29)(H,26,30). The number of hydrogen-bond acceptors (Lipinski definition) is 6. The Morgan fingerprint density at radius 1 is 0.618 bits per heavy atom. The quantitative estimate of drug-likeness (QED) is 0.467. The first-order valence-corrected chi connectivity index (χ1v) is 10.7. The molecule has 0 spiro atoms. The van der Waals surface area contributed by atoms with Crippen molar-refractivity contribution >= 4 is 35.4 Å². The van der Waals surface area contributed by atoms with Gasteiger partial charge in [0, 0.05) is 38.3 Å². The Balaban J connectivity index is 1.22. The molecule has 2 aliphatic rings. The normalized spacial score (nSPS) is 14.4. The molecule has 6 amide bonds. The van der Waals surface area contributed by atoms with Gasteiger partial charge in [0.05, 0.1) is 22.3 Å². The summed E-state index contributed by atoms with van der Waals surface area (Å²) < 4.78 is 0. The van der Waals surface area contributed by atoms with Crippen molar-refractivity contribution in [3.8, 4) is 0 Å². The first kappa shape index (κ1) is 22.8. The van der Waals surface area contributed by atoms with Gasteiger partial charge < -0.3 is 10.6 Å². The van der Waals surface area contributed by atoms with Gasteiger partial charge in [-0.15, -0.1) is 0 Å². The lowest BCUT2D eigenvalue weighted by molar-refractivity contribution is 0.0677. The van der Waals surface area contributed by atoms with Crippen LogP contribution in [0.25, 0.3) is 0 Å². The van der Waals surface area contributed by atoms with Gasteiger partial charge in [0.15, 0.2) is 0 Å². The van der Waals surface area contributed by atoms with E-state index in [2.05, 4.69) is 10.6 Å². The zero-order chi connectivity index (χ0) is 24.6. The minimum atomic E-state index is -0.434. The molecule has 2 aromatic rings. The summed E-state index contributed by atoms with van der Waals surface area (Å²) in [6, 6.07) is 8.80. The Morgan fingerprint density at radius 3 is 1.35 bits per heavy atom. The first-order valence-electron chi connectivity index (χ1n) is 10.7. The van der Waals surface area contributed by atoms with E-state index >= 15 is 0 Å². The average molecular weight is 462 g/mol. The lowest BCUT2D eigenvalue weighted by Gasteiger charge is -2.08. The van der Waals surface area contributed by atoms with E-state index in [1.165, 1.54) is 50.5 Å². The molecule has 2 aliphatic heterocycles. The summed E-state index contributed by atoms with van der Waals surface area (Å²) in [7, 11) is 2.79. The highest BCUT2D eigenvalue weighted by Gasteiger charge is 2.34. The molecular weight excluding hydrogens is 440 g/mol. The van der Waals surface area contributed by atoms with E-state index < -0.39 is 11.8 Å². The third-order valence-electron chi connectivity index (χ3n) is 5.88. The molecule has 2 N–H and O–H groups in total. The van der Waals surface area contributed by atoms with E-state index in [1.807, 2.05) is 0 Å². The number of carbonyl (C=O) groups is 6. The van der Waals surface area contributed by atoms with Gasteiger partial charge in [0.1, 0.15) is 0 Å². The van der Waals surface area contributed by atoms with E-state index in [0.29, 0.717) is 37.1 Å². The van der Waals surface area contributed by atoms with Gasteiger partial charge in [0.2, 0.25) is 0 Å². The maximum atomic E-state index is 12.4. The molecule has 0 radical (unpaired) electrons. The molecule has 174 valence electrons. The molecule has 10 nitrogen and oxygen atoms in total. The molecule has 0 aromatic heterocycles. The summed E-state index contributed by atoms with van der Waals surface area (Å²) >= 11 is 0. The second-order valence-corrected chi connectivity index (χ2v) is 8.08. The van der Waals surface area contributed by atoms with E-state index in [0.717, 1.165) is 9.80 Å². The van der Waals surface area contributed by atoms with Crippen LogP contribution in [-0.2, 0) is 0 Å². The van der Waals surface area contributed by atoms with Gasteiger partial charge in [-0.25, -0.2) is 0 Å². The Bertz CT molecular complexity index is 1170. The highest BCUT2D eigenvalue weighted by molar-refractivity contribution is 6.22. The summed E-state index contributed by atoms with van der Waals surface area (Å²) in [4.78, 5) is 74.8. The summed E-state index contributed by atoms with van der Waals surface area (Å²) in [5.41, 5.74) is 1.58. The fraction of sp³-hybridized carbons (Fsp3) is 0.250. The number of carbonyl (C=O) groups excluding carboxylic acids is 6. The highest BCUT2D eigenvalue weighted by atomic mass is 16.2. The predicted molar refractivity (Wildman–Crippen MR) is 120 cm³/mol. The van der Waals surface area contributed by atoms with Crippen LogP contribution in [0.3, 0.4) is 0 Å². The molecule has 4 rings (SSSR count). The van der Waals surface area contributed by atoms with Crippen LogP contribution in [0.4, 0.5) is 0 Å². The summed E-state index contributed by atoms with van der Waals surface area (Å²) in [5.74, 6) is -2.36. The van der Waals surface area contributed by atoms with Crippen molar-refractivity contribution in [2.75, 3.05) is 27.2 Å². The number of amides is 6. The fourth-order valence-corrected chi connectivity index (χ4v) is 3.86. The van der Waals surface area contributed by atoms with Crippen molar-refractivity contribution in [3.63, 3.8) is 0 Å². The van der Waals surface area contributed by atoms with E-state index in [9.17, 15) is 28.8 Å². The summed E-state index contributed by atoms with van der Waals surface area (Å²) in [6.07, 6.45) is 1.19. The zero-order valence-electron chi connectivity index (χ0n) is 18.6. The molecule has 0 saturated heterocycles. The van der Waals surface area contributed by atoms with Gasteiger partial charge in [-0.2, -0.15) is 0 Å². The fourth-order valence-electron chi connectivity index (χ4n) is 3.86. The number of imide groups is 2. The maximum absolute atomic E-state index is 12.4. The molecule has 0 bridgehead atoms. The highest BCUT2D eigenvalue weighted by Crippen LogP contribution is 2.23. The van der Waals surface area contributed by atoms with E-state index in [1.54, 1.807) is 0 Å². The molecule has 0 fully saturated rings. The summed E-state index contributed by atoms with van der Waals surface area (Å²) in [6.45, 7) is 0.723. The summed E-state index contributed by atoms with van der Waals surface area (Å²) in [5, 5.41) is 5.51. The number of unbranched alkanes of at least 4 members (excludes halogenated alkanes) is 1. The molecule has 0 saturated carbocycles. The number of nitrogens with zero attached hydrogens (tertiary/aromatic N) is 2. The van der Waals surface area contributed by atoms with Gasteiger partial charge in [0.25, 0.3) is 35.4 Å². The van der Waals surface area contributed by atoms with Crippen LogP contribution in [0.5, 0.6) is 0 Å². The van der Waals surface area contributed by atoms with Crippen LogP contribution in [0, 0.1) is 0 Å². The Kier molecular flexibility index (Phi) is 5.97. The van der Waals surface area contributed by atoms with Crippen LogP contribution >= 0.6 is 0 Å². The zero-order valence-corrected chi connectivity index (χ0v) is 18.6. The van der Waals surface area contributed by atoms with Crippen LogP contribution in [0.2, 0.25) is 0 Å². The Labute approximate surface area is 194 Å². The SMILES string of the molecule is CN1C(=O)c2ccc(C(=O)NCCCCNC(=O)c3ccc4c(c3)C(=O)N(C)C4=O)cc2C1=O. The minimum absolute atomic E-state index is 0.215. The van der Waals surface area contributed by atoms with Gasteiger partial charge >= 0.3 is 0 Å². The van der Waals surface area contributed by atoms with Gasteiger partial charge in [-0.05, 0) is 49.2 Å². The lowest BCUT2D eigenvalue weighted by Crippen LogP contribution is -2.27. The average Bonchev–Trinajstić information content (AvgIpc) is 3.20. The number of benzene rings is 2. The Hall–Kier alpha value is -4.34. The molecule has 2 heterocycles. The van der Waals surface area contributed by atoms with Crippen molar-refractivity contribution < 1.29 is 28.8 Å². The number of rotatable bonds is 7. The number of nitrogens with one attached hydrogen (secondary N) is 2. The second kappa shape index (κ2) is 8.89. The van der Waals surface area contributed by atoms with Gasteiger partial charge in [-0.1, -0.05) is 0 Å². The Morgan fingerprint density at radius 2 is 0.971 bits per heavy atom. The van der Waals surface area contributed by atoms with E-state index in [-0.39, 0.29) is 45.9 Å². The molecule has 0 unspecified atom stereocenters. The van der Waals surface area contributed by atoms with Crippen LogP contribution in [-0.4, -0.2) is 72.4 Å². The third kappa shape index (κ3) is 3.94. The largest absolute Gasteiger partial charge is 0.352 e. The van der Waals surface area contributed by atoms with Gasteiger partial charge in [-0.3, -0.25) is 38.6 Å². The number of hydrogen-bond donors (Lipinski definition) is 2. The predicted octanol–water partition coefficient (Wildman–Crippen LogP) is 1.08. The first-order chi connectivity index (χ1) is 16.2. The van der Waals surface area contributed by atoms with Crippen molar-refractivity contribution in [3.05, 3.63) is 69.8 Å². The molecule has 0 aliphatic carbocycles. The van der Waals surface area contributed by atoms with Crippen LogP contribution in [0.1, 0.15) is 75.0 Å². The van der Waals surface area contributed by atoms with E-state index in [4.69, 9.17) is 0 Å². The smallest absolute Gasteiger partial charge is 0.261 e. The minimum Gasteiger partial charge on any atom is -0.352 e. The molecule has 0 atom stereocenters. The van der Waals surface area contributed by atoms with Crippen molar-refractivity contribution in [2.45, 2.75) is 12.8 Å².